The number of carbonyl (C=O) groups excluding carboxylic acids is 1. The Labute approximate surface area is 101 Å². The molecule has 0 spiro atoms. The van der Waals surface area contributed by atoms with Crippen LogP contribution in [0.15, 0.2) is 12.3 Å². The lowest BCUT2D eigenvalue weighted by atomic mass is 10.3. The van der Waals surface area contributed by atoms with Crippen molar-refractivity contribution < 1.29 is 4.79 Å². The zero-order chi connectivity index (χ0) is 12.8. The van der Waals surface area contributed by atoms with E-state index in [4.69, 9.17) is 0 Å². The van der Waals surface area contributed by atoms with Crippen molar-refractivity contribution in [3.05, 3.63) is 18.0 Å². The van der Waals surface area contributed by atoms with E-state index in [2.05, 4.69) is 21.8 Å². The van der Waals surface area contributed by atoms with Crippen molar-refractivity contribution in [2.75, 3.05) is 26.0 Å². The van der Waals surface area contributed by atoms with Gasteiger partial charge in [0.2, 0.25) is 5.95 Å². The normalized spacial score (nSPS) is 9.18. The second kappa shape index (κ2) is 5.85. The van der Waals surface area contributed by atoms with Crippen molar-refractivity contribution >= 4 is 11.9 Å². The minimum Gasteiger partial charge on any atom is -0.347 e. The average Bonchev–Trinajstić information content (AvgIpc) is 2.29. The molecule has 0 radical (unpaired) electrons. The van der Waals surface area contributed by atoms with Gasteiger partial charge < -0.3 is 9.80 Å². The van der Waals surface area contributed by atoms with E-state index in [1.807, 2.05) is 19.0 Å². The van der Waals surface area contributed by atoms with Gasteiger partial charge in [-0.15, -0.1) is 0 Å². The molecule has 0 fully saturated rings. The summed E-state index contributed by atoms with van der Waals surface area (Å²) in [5, 5.41) is 0. The second-order valence-corrected chi connectivity index (χ2v) is 3.78. The van der Waals surface area contributed by atoms with E-state index < -0.39 is 0 Å². The molecule has 0 aliphatic heterocycles. The minimum atomic E-state index is -0.211. The maximum absolute atomic E-state index is 11.5. The van der Waals surface area contributed by atoms with Crippen LogP contribution in [0.4, 0.5) is 5.95 Å². The first-order valence-corrected chi connectivity index (χ1v) is 5.21. The first-order chi connectivity index (χ1) is 8.04. The molecular formula is C12H16N4O. The van der Waals surface area contributed by atoms with Crippen molar-refractivity contribution in [3.8, 4) is 11.8 Å². The predicted molar refractivity (Wildman–Crippen MR) is 66.3 cm³/mol. The summed E-state index contributed by atoms with van der Waals surface area (Å²) >= 11 is 0. The third-order valence-electron chi connectivity index (χ3n) is 2.08. The molecule has 1 rings (SSSR count). The van der Waals surface area contributed by atoms with Gasteiger partial charge >= 0.3 is 0 Å². The van der Waals surface area contributed by atoms with Gasteiger partial charge in [0.1, 0.15) is 0 Å². The summed E-state index contributed by atoms with van der Waals surface area (Å²) in [6, 6.07) is 1.79. The smallest absolute Gasteiger partial charge is 0.298 e. The Hall–Kier alpha value is -2.09. The zero-order valence-electron chi connectivity index (χ0n) is 10.6. The Morgan fingerprint density at radius 2 is 2.12 bits per heavy atom. The third kappa shape index (κ3) is 3.76. The number of amides is 1. The molecule has 0 N–H and O–H groups in total. The summed E-state index contributed by atoms with van der Waals surface area (Å²) in [6.07, 6.45) is 1.68. The van der Waals surface area contributed by atoms with Crippen LogP contribution in [0, 0.1) is 11.8 Å². The van der Waals surface area contributed by atoms with Gasteiger partial charge in [-0.1, -0.05) is 5.92 Å². The van der Waals surface area contributed by atoms with Crippen molar-refractivity contribution in [1.82, 2.24) is 14.9 Å². The molecule has 1 aromatic heterocycles. The van der Waals surface area contributed by atoms with Gasteiger partial charge in [0, 0.05) is 27.3 Å². The summed E-state index contributed by atoms with van der Waals surface area (Å²) in [4.78, 5) is 23.2. The van der Waals surface area contributed by atoms with Crippen LogP contribution in [-0.4, -0.2) is 41.9 Å². The molecule has 5 heteroatoms. The number of hydrogen-bond acceptors (Lipinski definition) is 4. The predicted octanol–water partition coefficient (Wildman–Crippen LogP) is 0.524. The molecule has 0 aliphatic carbocycles. The van der Waals surface area contributed by atoms with E-state index in [9.17, 15) is 4.79 Å². The fourth-order valence-corrected chi connectivity index (χ4v) is 1.21. The van der Waals surface area contributed by atoms with Crippen LogP contribution in [0.5, 0.6) is 0 Å². The fraction of sp³-hybridized carbons (Fsp3) is 0.417. The monoisotopic (exact) mass is 232 g/mol. The quantitative estimate of drug-likeness (QED) is 0.713. The standard InChI is InChI=1S/C12H16N4O/c1-5-6-11(17)16(4)9-10-7-8-13-12(14-10)15(2)3/h7-8H,9H2,1-4H3. The topological polar surface area (TPSA) is 49.3 Å². The molecule has 0 atom stereocenters. The average molecular weight is 232 g/mol. The van der Waals surface area contributed by atoms with Crippen molar-refractivity contribution in [3.63, 3.8) is 0 Å². The largest absolute Gasteiger partial charge is 0.347 e. The van der Waals surface area contributed by atoms with Crippen molar-refractivity contribution in [2.24, 2.45) is 0 Å². The minimum absolute atomic E-state index is 0.211. The molecule has 1 amide bonds. The summed E-state index contributed by atoms with van der Waals surface area (Å²) < 4.78 is 0. The molecule has 0 unspecified atom stereocenters. The number of anilines is 1. The molecule has 0 aliphatic rings. The van der Waals surface area contributed by atoms with E-state index in [1.54, 1.807) is 26.2 Å². The summed E-state index contributed by atoms with van der Waals surface area (Å²) in [6.45, 7) is 2.07. The van der Waals surface area contributed by atoms with Crippen LogP contribution < -0.4 is 4.90 Å². The van der Waals surface area contributed by atoms with E-state index in [0.717, 1.165) is 5.69 Å². The van der Waals surface area contributed by atoms with Crippen LogP contribution in [0.3, 0.4) is 0 Å². The SMILES string of the molecule is CC#CC(=O)N(C)Cc1ccnc(N(C)C)n1. The lowest BCUT2D eigenvalue weighted by Gasteiger charge is -2.15. The first-order valence-electron chi connectivity index (χ1n) is 5.21. The van der Waals surface area contributed by atoms with Crippen molar-refractivity contribution in [1.29, 1.82) is 0 Å². The lowest BCUT2D eigenvalue weighted by Crippen LogP contribution is -2.25. The number of rotatable bonds is 3. The highest BCUT2D eigenvalue weighted by molar-refractivity contribution is 5.93. The van der Waals surface area contributed by atoms with Gasteiger partial charge in [0.05, 0.1) is 12.2 Å². The van der Waals surface area contributed by atoms with Crippen molar-refractivity contribution in [2.45, 2.75) is 13.5 Å². The maximum atomic E-state index is 11.5. The van der Waals surface area contributed by atoms with Crippen LogP contribution in [0.25, 0.3) is 0 Å². The Bertz CT molecular complexity index is 459. The number of hydrogen-bond donors (Lipinski definition) is 0. The van der Waals surface area contributed by atoms with E-state index in [1.165, 1.54) is 4.90 Å². The molecule has 17 heavy (non-hydrogen) atoms. The van der Waals surface area contributed by atoms with Gasteiger partial charge in [0.25, 0.3) is 5.91 Å². The summed E-state index contributed by atoms with van der Waals surface area (Å²) in [5.41, 5.74) is 0.789. The van der Waals surface area contributed by atoms with Crippen LogP contribution >= 0.6 is 0 Å². The molecule has 1 heterocycles. The molecule has 0 aromatic carbocycles. The highest BCUT2D eigenvalue weighted by Gasteiger charge is 2.08. The van der Waals surface area contributed by atoms with Crippen LogP contribution in [0.2, 0.25) is 0 Å². The summed E-state index contributed by atoms with van der Waals surface area (Å²) in [7, 11) is 5.44. The van der Waals surface area contributed by atoms with E-state index in [0.29, 0.717) is 12.5 Å². The second-order valence-electron chi connectivity index (χ2n) is 3.78. The highest BCUT2D eigenvalue weighted by Crippen LogP contribution is 2.05. The Kier molecular flexibility index (Phi) is 4.46. The van der Waals surface area contributed by atoms with E-state index in [-0.39, 0.29) is 5.91 Å². The molecule has 0 saturated heterocycles. The first kappa shape index (κ1) is 13.0. The van der Waals surface area contributed by atoms with E-state index >= 15 is 0 Å². The fourth-order valence-electron chi connectivity index (χ4n) is 1.21. The highest BCUT2D eigenvalue weighted by atomic mass is 16.2. The van der Waals surface area contributed by atoms with Gasteiger partial charge in [0.15, 0.2) is 0 Å². The molecule has 0 saturated carbocycles. The van der Waals surface area contributed by atoms with Crippen LogP contribution in [0.1, 0.15) is 12.6 Å². The van der Waals surface area contributed by atoms with Gasteiger partial charge in [-0.25, -0.2) is 9.97 Å². The zero-order valence-corrected chi connectivity index (χ0v) is 10.6. The lowest BCUT2D eigenvalue weighted by molar-refractivity contribution is -0.124. The number of carbonyl (C=O) groups is 1. The molecular weight excluding hydrogens is 216 g/mol. The third-order valence-corrected chi connectivity index (χ3v) is 2.08. The molecule has 1 aromatic rings. The van der Waals surface area contributed by atoms with Gasteiger partial charge in [-0.3, -0.25) is 4.79 Å². The number of nitrogens with zero attached hydrogens (tertiary/aromatic N) is 4. The number of aromatic nitrogens is 2. The van der Waals surface area contributed by atoms with Crippen LogP contribution in [-0.2, 0) is 11.3 Å². The molecule has 90 valence electrons. The Morgan fingerprint density at radius 1 is 1.41 bits per heavy atom. The summed E-state index contributed by atoms with van der Waals surface area (Å²) in [5.74, 6) is 5.49. The Balaban J connectivity index is 2.77. The van der Waals surface area contributed by atoms with Gasteiger partial charge in [-0.2, -0.15) is 0 Å². The Morgan fingerprint density at radius 3 is 2.71 bits per heavy atom. The maximum Gasteiger partial charge on any atom is 0.298 e. The molecule has 5 nitrogen and oxygen atoms in total. The molecule has 0 bridgehead atoms. The van der Waals surface area contributed by atoms with Gasteiger partial charge in [-0.05, 0) is 18.9 Å².